The molecule has 3 rings (SSSR count). The fourth-order valence-electron chi connectivity index (χ4n) is 3.80. The van der Waals surface area contributed by atoms with Crippen molar-refractivity contribution in [1.82, 2.24) is 15.1 Å². The molecule has 1 aromatic rings. The van der Waals surface area contributed by atoms with Crippen molar-refractivity contribution >= 4 is 17.5 Å². The van der Waals surface area contributed by atoms with Crippen LogP contribution in [0.25, 0.3) is 0 Å². The van der Waals surface area contributed by atoms with E-state index in [1.165, 1.54) is 0 Å². The monoisotopic (exact) mass is 388 g/mol. The summed E-state index contributed by atoms with van der Waals surface area (Å²) in [6.07, 6.45) is 1.19. The van der Waals surface area contributed by atoms with E-state index in [1.54, 1.807) is 4.90 Å². The number of piperazine rings is 1. The molecule has 28 heavy (non-hydrogen) atoms. The maximum atomic E-state index is 12.5. The molecule has 2 saturated heterocycles. The van der Waals surface area contributed by atoms with Gasteiger partial charge in [-0.3, -0.25) is 9.59 Å². The summed E-state index contributed by atoms with van der Waals surface area (Å²) in [5.74, 6) is 0.338. The lowest BCUT2D eigenvalue weighted by molar-refractivity contribution is -0.126. The first-order valence-electron chi connectivity index (χ1n) is 10.3. The van der Waals surface area contributed by atoms with Crippen molar-refractivity contribution in [1.29, 1.82) is 0 Å². The van der Waals surface area contributed by atoms with Crippen molar-refractivity contribution in [2.75, 3.05) is 64.4 Å². The zero-order valence-electron chi connectivity index (χ0n) is 17.0. The quantitative estimate of drug-likeness (QED) is 0.678. The minimum Gasteiger partial charge on any atom is -0.492 e. The summed E-state index contributed by atoms with van der Waals surface area (Å²) in [5.41, 5.74) is 0.750. The van der Waals surface area contributed by atoms with Gasteiger partial charge < -0.3 is 24.8 Å². The van der Waals surface area contributed by atoms with E-state index in [0.717, 1.165) is 44.8 Å². The number of carbonyl (C=O) groups excluding carboxylic acids is 2. The highest BCUT2D eigenvalue weighted by atomic mass is 16.5. The van der Waals surface area contributed by atoms with Gasteiger partial charge in [0.1, 0.15) is 5.75 Å². The van der Waals surface area contributed by atoms with Crippen LogP contribution in [0.1, 0.15) is 19.8 Å². The van der Waals surface area contributed by atoms with Gasteiger partial charge in [0.15, 0.2) is 0 Å². The lowest BCUT2D eigenvalue weighted by atomic mass is 10.1. The SMILES string of the molecule is CCOc1ccccc1N1CC(C(=O)NCCCN2CCN(C)CC2)CC1=O. The molecule has 2 amide bonds. The second-order valence-corrected chi connectivity index (χ2v) is 7.60. The molecular formula is C21H32N4O3. The van der Waals surface area contributed by atoms with E-state index < -0.39 is 0 Å². The Bertz CT molecular complexity index is 673. The first kappa shape index (κ1) is 20.6. The molecule has 1 aromatic carbocycles. The van der Waals surface area contributed by atoms with Crippen LogP contribution in [0.2, 0.25) is 0 Å². The van der Waals surface area contributed by atoms with Gasteiger partial charge in [-0.15, -0.1) is 0 Å². The van der Waals surface area contributed by atoms with Gasteiger partial charge in [-0.25, -0.2) is 0 Å². The Morgan fingerprint density at radius 2 is 1.96 bits per heavy atom. The molecule has 0 saturated carbocycles. The van der Waals surface area contributed by atoms with Gasteiger partial charge in [0, 0.05) is 45.7 Å². The number of nitrogens with one attached hydrogen (secondary N) is 1. The Morgan fingerprint density at radius 3 is 2.71 bits per heavy atom. The average Bonchev–Trinajstić information content (AvgIpc) is 3.09. The van der Waals surface area contributed by atoms with E-state index in [2.05, 4.69) is 22.2 Å². The molecule has 0 spiro atoms. The molecule has 2 heterocycles. The summed E-state index contributed by atoms with van der Waals surface area (Å²) in [5, 5.41) is 3.02. The van der Waals surface area contributed by atoms with Crippen LogP contribution < -0.4 is 15.0 Å². The fourth-order valence-corrected chi connectivity index (χ4v) is 3.80. The largest absolute Gasteiger partial charge is 0.492 e. The van der Waals surface area contributed by atoms with E-state index in [4.69, 9.17) is 4.74 Å². The van der Waals surface area contributed by atoms with Crippen LogP contribution in [0, 0.1) is 5.92 Å². The number of nitrogens with zero attached hydrogens (tertiary/aromatic N) is 3. The summed E-state index contributed by atoms with van der Waals surface area (Å²) < 4.78 is 5.64. The van der Waals surface area contributed by atoms with Crippen LogP contribution in [-0.2, 0) is 9.59 Å². The molecule has 0 bridgehead atoms. The Balaban J connectivity index is 1.45. The van der Waals surface area contributed by atoms with Crippen molar-refractivity contribution in [3.63, 3.8) is 0 Å². The van der Waals surface area contributed by atoms with E-state index in [9.17, 15) is 9.59 Å². The van der Waals surface area contributed by atoms with Gasteiger partial charge in [-0.05, 0) is 39.1 Å². The maximum Gasteiger partial charge on any atom is 0.227 e. The maximum absolute atomic E-state index is 12.5. The van der Waals surface area contributed by atoms with Crippen molar-refractivity contribution in [3.05, 3.63) is 24.3 Å². The number of likely N-dealkylation sites (N-methyl/N-ethyl adjacent to an activating group) is 1. The lowest BCUT2D eigenvalue weighted by Gasteiger charge is -2.32. The third kappa shape index (κ3) is 5.23. The number of carbonyl (C=O) groups is 2. The first-order chi connectivity index (χ1) is 13.6. The Kier molecular flexibility index (Phi) is 7.28. The molecule has 7 nitrogen and oxygen atoms in total. The third-order valence-electron chi connectivity index (χ3n) is 5.50. The number of amides is 2. The van der Waals surface area contributed by atoms with Gasteiger partial charge in [0.25, 0.3) is 0 Å². The smallest absolute Gasteiger partial charge is 0.227 e. The van der Waals surface area contributed by atoms with Gasteiger partial charge in [-0.2, -0.15) is 0 Å². The molecule has 1 unspecified atom stereocenters. The number of anilines is 1. The lowest BCUT2D eigenvalue weighted by Crippen LogP contribution is -2.45. The fraction of sp³-hybridized carbons (Fsp3) is 0.619. The molecule has 1 N–H and O–H groups in total. The normalized spacial score (nSPS) is 21.1. The number of rotatable bonds is 8. The summed E-state index contributed by atoms with van der Waals surface area (Å²) >= 11 is 0. The molecule has 7 heteroatoms. The number of benzene rings is 1. The topological polar surface area (TPSA) is 65.1 Å². The molecule has 2 fully saturated rings. The van der Waals surface area contributed by atoms with Gasteiger partial charge >= 0.3 is 0 Å². The Labute approximate surface area is 167 Å². The molecular weight excluding hydrogens is 356 g/mol. The molecule has 2 aliphatic heterocycles. The second kappa shape index (κ2) is 9.89. The zero-order chi connectivity index (χ0) is 19.9. The molecule has 0 aliphatic carbocycles. The van der Waals surface area contributed by atoms with Gasteiger partial charge in [0.2, 0.25) is 11.8 Å². The highest BCUT2D eigenvalue weighted by Crippen LogP contribution is 2.33. The molecule has 0 radical (unpaired) electrons. The molecule has 0 aromatic heterocycles. The Hall–Kier alpha value is -2.12. The minimum absolute atomic E-state index is 0.0234. The van der Waals surface area contributed by atoms with Crippen LogP contribution in [0.15, 0.2) is 24.3 Å². The first-order valence-corrected chi connectivity index (χ1v) is 10.3. The summed E-state index contributed by atoms with van der Waals surface area (Å²) in [7, 11) is 2.15. The predicted molar refractivity (Wildman–Crippen MR) is 110 cm³/mol. The highest BCUT2D eigenvalue weighted by Gasteiger charge is 2.36. The summed E-state index contributed by atoms with van der Waals surface area (Å²) in [6, 6.07) is 7.51. The highest BCUT2D eigenvalue weighted by molar-refractivity contribution is 6.01. The van der Waals surface area contributed by atoms with Gasteiger partial charge in [-0.1, -0.05) is 12.1 Å². The summed E-state index contributed by atoms with van der Waals surface area (Å²) in [4.78, 5) is 31.5. The van der Waals surface area contributed by atoms with Crippen molar-refractivity contribution < 1.29 is 14.3 Å². The standard InChI is InChI=1S/C21H32N4O3/c1-3-28-19-8-5-4-7-18(19)25-16-17(15-20(25)26)21(27)22-9-6-10-24-13-11-23(2)12-14-24/h4-5,7-8,17H,3,6,9-16H2,1-2H3,(H,22,27). The van der Waals surface area contributed by atoms with Crippen molar-refractivity contribution in [2.45, 2.75) is 19.8 Å². The zero-order valence-corrected chi connectivity index (χ0v) is 17.0. The minimum atomic E-state index is -0.300. The van der Waals surface area contributed by atoms with E-state index in [-0.39, 0.29) is 24.2 Å². The van der Waals surface area contributed by atoms with Gasteiger partial charge in [0.05, 0.1) is 18.2 Å². The van der Waals surface area contributed by atoms with E-state index in [0.29, 0.717) is 25.4 Å². The molecule has 1 atom stereocenters. The molecule has 2 aliphatic rings. The van der Waals surface area contributed by atoms with Crippen LogP contribution in [0.5, 0.6) is 5.75 Å². The van der Waals surface area contributed by atoms with E-state index in [1.807, 2.05) is 31.2 Å². The average molecular weight is 389 g/mol. The number of hydrogen-bond acceptors (Lipinski definition) is 5. The number of ether oxygens (including phenoxy) is 1. The summed E-state index contributed by atoms with van der Waals surface area (Å²) in [6.45, 7) is 8.93. The van der Waals surface area contributed by atoms with E-state index >= 15 is 0 Å². The predicted octanol–water partition coefficient (Wildman–Crippen LogP) is 1.19. The van der Waals surface area contributed by atoms with Crippen LogP contribution in [0.3, 0.4) is 0 Å². The Morgan fingerprint density at radius 1 is 1.21 bits per heavy atom. The van der Waals surface area contributed by atoms with Crippen LogP contribution in [0.4, 0.5) is 5.69 Å². The number of para-hydroxylation sites is 2. The van der Waals surface area contributed by atoms with Crippen LogP contribution >= 0.6 is 0 Å². The number of hydrogen-bond donors (Lipinski definition) is 1. The van der Waals surface area contributed by atoms with Crippen molar-refractivity contribution in [3.8, 4) is 5.75 Å². The van der Waals surface area contributed by atoms with Crippen LogP contribution in [-0.4, -0.2) is 81.1 Å². The van der Waals surface area contributed by atoms with Crippen molar-refractivity contribution in [2.24, 2.45) is 5.92 Å². The third-order valence-corrected chi connectivity index (χ3v) is 5.50. The second-order valence-electron chi connectivity index (χ2n) is 7.60. The molecule has 154 valence electrons.